The number of benzene rings is 1. The lowest BCUT2D eigenvalue weighted by Gasteiger charge is -2.42. The van der Waals surface area contributed by atoms with Crippen LogP contribution in [-0.2, 0) is 12.8 Å². The van der Waals surface area contributed by atoms with Crippen molar-refractivity contribution < 1.29 is 5.11 Å². The van der Waals surface area contributed by atoms with Gasteiger partial charge in [0.05, 0.1) is 5.60 Å². The highest BCUT2D eigenvalue weighted by atomic mass is 79.9. The summed E-state index contributed by atoms with van der Waals surface area (Å²) in [6.07, 6.45) is 9.25. The Bertz CT molecular complexity index is 437. The van der Waals surface area contributed by atoms with Gasteiger partial charge in [0, 0.05) is 10.9 Å². The van der Waals surface area contributed by atoms with Crippen molar-refractivity contribution in [1.82, 2.24) is 0 Å². The maximum absolute atomic E-state index is 11.0. The fraction of sp³-hybridized carbons (Fsp3) is 0.625. The van der Waals surface area contributed by atoms with E-state index in [1.165, 1.54) is 43.2 Å². The SMILES string of the molecule is OC1(C2CCCCC2)CCc2cc(Br)ccc2C1. The van der Waals surface area contributed by atoms with Crippen LogP contribution in [0.1, 0.15) is 49.7 Å². The topological polar surface area (TPSA) is 20.2 Å². The number of aryl methyl sites for hydroxylation is 1. The van der Waals surface area contributed by atoms with Gasteiger partial charge in [0.2, 0.25) is 0 Å². The summed E-state index contributed by atoms with van der Waals surface area (Å²) >= 11 is 3.53. The molecule has 2 aliphatic rings. The van der Waals surface area contributed by atoms with E-state index in [0.29, 0.717) is 5.92 Å². The summed E-state index contributed by atoms with van der Waals surface area (Å²) in [7, 11) is 0. The van der Waals surface area contributed by atoms with E-state index in [4.69, 9.17) is 0 Å². The maximum Gasteiger partial charge on any atom is 0.0719 e. The van der Waals surface area contributed by atoms with E-state index >= 15 is 0 Å². The molecule has 2 heteroatoms. The number of hydrogen-bond donors (Lipinski definition) is 1. The molecule has 1 fully saturated rings. The Morgan fingerprint density at radius 1 is 1.11 bits per heavy atom. The summed E-state index contributed by atoms with van der Waals surface area (Å²) in [5.41, 5.74) is 2.35. The second-order valence-corrected chi connectivity index (χ2v) is 6.94. The van der Waals surface area contributed by atoms with Gasteiger partial charge in [0.15, 0.2) is 0 Å². The molecule has 1 atom stereocenters. The summed E-state index contributed by atoms with van der Waals surface area (Å²) in [4.78, 5) is 0. The second-order valence-electron chi connectivity index (χ2n) is 6.03. The quantitative estimate of drug-likeness (QED) is 0.822. The van der Waals surface area contributed by atoms with Crippen molar-refractivity contribution >= 4 is 15.9 Å². The molecule has 1 N–H and O–H groups in total. The highest BCUT2D eigenvalue weighted by Gasteiger charge is 2.39. The summed E-state index contributed by atoms with van der Waals surface area (Å²) in [6, 6.07) is 6.51. The number of rotatable bonds is 1. The molecule has 1 aromatic rings. The van der Waals surface area contributed by atoms with E-state index in [0.717, 1.165) is 23.7 Å². The van der Waals surface area contributed by atoms with Crippen LogP contribution < -0.4 is 0 Å². The maximum atomic E-state index is 11.0. The summed E-state index contributed by atoms with van der Waals surface area (Å²) in [5.74, 6) is 0.531. The molecule has 1 unspecified atom stereocenters. The molecule has 18 heavy (non-hydrogen) atoms. The lowest BCUT2D eigenvalue weighted by Crippen LogP contribution is -2.44. The molecule has 98 valence electrons. The standard InChI is InChI=1S/C16H21BrO/c17-15-7-6-13-11-16(18,9-8-12(13)10-15)14-4-2-1-3-5-14/h6-7,10,14,18H,1-5,8-9,11H2. The molecule has 2 aliphatic carbocycles. The minimum atomic E-state index is -0.429. The Morgan fingerprint density at radius 2 is 1.89 bits per heavy atom. The van der Waals surface area contributed by atoms with E-state index in [1.54, 1.807) is 0 Å². The van der Waals surface area contributed by atoms with E-state index in [1.807, 2.05) is 0 Å². The number of hydrogen-bond acceptors (Lipinski definition) is 1. The first-order valence-corrected chi connectivity index (χ1v) is 7.96. The van der Waals surface area contributed by atoms with Gasteiger partial charge in [-0.1, -0.05) is 41.3 Å². The molecule has 0 spiro atoms. The van der Waals surface area contributed by atoms with Crippen LogP contribution in [0.2, 0.25) is 0 Å². The molecule has 0 amide bonds. The van der Waals surface area contributed by atoms with Gasteiger partial charge in [0.1, 0.15) is 0 Å². The minimum Gasteiger partial charge on any atom is -0.389 e. The Labute approximate surface area is 118 Å². The molecule has 1 nitrogen and oxygen atoms in total. The van der Waals surface area contributed by atoms with Crippen LogP contribution in [0, 0.1) is 5.92 Å². The van der Waals surface area contributed by atoms with Crippen molar-refractivity contribution in [3.8, 4) is 0 Å². The average molecular weight is 309 g/mol. The number of aliphatic hydroxyl groups is 1. The molecule has 1 saturated carbocycles. The number of fused-ring (bicyclic) bond motifs is 1. The third-order valence-electron chi connectivity index (χ3n) is 4.86. The molecule has 3 rings (SSSR count). The second kappa shape index (κ2) is 4.97. The van der Waals surface area contributed by atoms with Crippen LogP contribution in [0.5, 0.6) is 0 Å². The van der Waals surface area contributed by atoms with Crippen LogP contribution >= 0.6 is 15.9 Å². The molecule has 0 heterocycles. The summed E-state index contributed by atoms with van der Waals surface area (Å²) in [5, 5.41) is 11.0. The van der Waals surface area contributed by atoms with Gasteiger partial charge >= 0.3 is 0 Å². The van der Waals surface area contributed by atoms with Gasteiger partial charge in [0.25, 0.3) is 0 Å². The fourth-order valence-electron chi connectivity index (χ4n) is 3.76. The average Bonchev–Trinajstić information content (AvgIpc) is 2.40. The van der Waals surface area contributed by atoms with Gasteiger partial charge in [-0.25, -0.2) is 0 Å². The first kappa shape index (κ1) is 12.7. The molecule has 0 saturated heterocycles. The van der Waals surface area contributed by atoms with Gasteiger partial charge in [-0.15, -0.1) is 0 Å². The first-order chi connectivity index (χ1) is 8.67. The van der Waals surface area contributed by atoms with Gasteiger partial charge in [-0.05, 0) is 54.9 Å². The van der Waals surface area contributed by atoms with Crippen LogP contribution in [0.15, 0.2) is 22.7 Å². The molecule has 0 aromatic heterocycles. The summed E-state index contributed by atoms with van der Waals surface area (Å²) in [6.45, 7) is 0. The van der Waals surface area contributed by atoms with Gasteiger partial charge in [-0.2, -0.15) is 0 Å². The molecular formula is C16H21BrO. The zero-order chi connectivity index (χ0) is 12.6. The van der Waals surface area contributed by atoms with Crippen molar-refractivity contribution in [2.24, 2.45) is 5.92 Å². The fourth-order valence-corrected chi connectivity index (χ4v) is 4.17. The van der Waals surface area contributed by atoms with Crippen molar-refractivity contribution in [1.29, 1.82) is 0 Å². The van der Waals surface area contributed by atoms with Crippen molar-refractivity contribution in [3.63, 3.8) is 0 Å². The minimum absolute atomic E-state index is 0.429. The Kier molecular flexibility index (Phi) is 3.50. The van der Waals surface area contributed by atoms with E-state index < -0.39 is 5.60 Å². The van der Waals surface area contributed by atoms with Gasteiger partial charge < -0.3 is 5.11 Å². The van der Waals surface area contributed by atoms with E-state index in [9.17, 15) is 5.11 Å². The summed E-state index contributed by atoms with van der Waals surface area (Å²) < 4.78 is 1.16. The van der Waals surface area contributed by atoms with Crippen molar-refractivity contribution in [3.05, 3.63) is 33.8 Å². The first-order valence-electron chi connectivity index (χ1n) is 7.17. The van der Waals surface area contributed by atoms with Crippen LogP contribution in [0.4, 0.5) is 0 Å². The third kappa shape index (κ3) is 2.37. The molecule has 0 bridgehead atoms. The van der Waals surface area contributed by atoms with Crippen LogP contribution in [0.25, 0.3) is 0 Å². The van der Waals surface area contributed by atoms with E-state index in [2.05, 4.69) is 34.1 Å². The Balaban J connectivity index is 1.82. The largest absolute Gasteiger partial charge is 0.389 e. The highest BCUT2D eigenvalue weighted by molar-refractivity contribution is 9.10. The number of halogens is 1. The van der Waals surface area contributed by atoms with Crippen molar-refractivity contribution in [2.75, 3.05) is 0 Å². The van der Waals surface area contributed by atoms with Crippen LogP contribution in [0.3, 0.4) is 0 Å². The van der Waals surface area contributed by atoms with Crippen molar-refractivity contribution in [2.45, 2.75) is 57.0 Å². The van der Waals surface area contributed by atoms with Gasteiger partial charge in [-0.3, -0.25) is 0 Å². The lowest BCUT2D eigenvalue weighted by molar-refractivity contribution is -0.0438. The smallest absolute Gasteiger partial charge is 0.0719 e. The predicted octanol–water partition coefficient (Wildman–Crippen LogP) is 4.25. The lowest BCUT2D eigenvalue weighted by atomic mass is 9.68. The Morgan fingerprint density at radius 3 is 2.67 bits per heavy atom. The normalized spacial score (nSPS) is 29.0. The molecule has 1 aromatic carbocycles. The Hall–Kier alpha value is -0.340. The van der Waals surface area contributed by atoms with E-state index in [-0.39, 0.29) is 0 Å². The molecule has 0 radical (unpaired) electrons. The predicted molar refractivity (Wildman–Crippen MR) is 77.7 cm³/mol. The third-order valence-corrected chi connectivity index (χ3v) is 5.35. The monoisotopic (exact) mass is 308 g/mol. The molecule has 0 aliphatic heterocycles. The van der Waals surface area contributed by atoms with Crippen LogP contribution in [-0.4, -0.2) is 10.7 Å². The zero-order valence-electron chi connectivity index (χ0n) is 10.8. The molecular weight excluding hydrogens is 288 g/mol. The zero-order valence-corrected chi connectivity index (χ0v) is 12.4. The highest BCUT2D eigenvalue weighted by Crippen LogP contribution is 2.41.